The van der Waals surface area contributed by atoms with E-state index in [0.29, 0.717) is 0 Å². The van der Waals surface area contributed by atoms with Crippen molar-refractivity contribution in [3.63, 3.8) is 0 Å². The molecular weight excluding hydrogens is 616 g/mol. The van der Waals surface area contributed by atoms with Crippen molar-refractivity contribution < 1.29 is 0 Å². The van der Waals surface area contributed by atoms with Crippen LogP contribution in [0.1, 0.15) is 0 Å². The Balaban J connectivity index is 1.63. The van der Waals surface area contributed by atoms with Crippen LogP contribution in [0.15, 0.2) is 105 Å². The molecule has 0 aromatic carbocycles. The third-order valence-electron chi connectivity index (χ3n) is 5.71. The molecule has 6 aromatic heterocycles. The van der Waals surface area contributed by atoms with Gasteiger partial charge < -0.3 is 0 Å². The first-order chi connectivity index (χ1) is 17.9. The number of anilines is 2. The molecular formula is C24H18N3P3S6. The van der Waals surface area contributed by atoms with Gasteiger partial charge in [-0.2, -0.15) is 68.0 Å². The van der Waals surface area contributed by atoms with E-state index in [1.165, 1.54) is 32.6 Å². The highest BCUT2D eigenvalue weighted by Crippen LogP contribution is 2.78. The average Bonchev–Trinajstić information content (AvgIpc) is 3.79. The topological polar surface area (TPSA) is 18.8 Å². The standard InChI is InChI=1S/C24H18N3P3S6/c1-7-31-13-19(1)26-28(21-3-9-33-15-21)25-30(23-5-11-35-17-23,24-6-12-36-18-24)27(20-2-8-32-14-20)29(26)22-4-10-34-16-22/h1-18H. The molecule has 0 saturated carbocycles. The SMILES string of the molecule is c1cc(N2P(c3ccsc3)N=P(c3ccsc3)(c3ccsc3)N(c3ccsc3)P2c2ccsc2)cs1. The highest BCUT2D eigenvalue weighted by atomic mass is 32.1. The lowest BCUT2D eigenvalue weighted by Gasteiger charge is -2.52. The third kappa shape index (κ3) is 3.96. The summed E-state index contributed by atoms with van der Waals surface area (Å²) < 4.78 is 11.5. The summed E-state index contributed by atoms with van der Waals surface area (Å²) in [4.78, 5) is 0. The van der Waals surface area contributed by atoms with Crippen LogP contribution in [0.3, 0.4) is 0 Å². The maximum Gasteiger partial charge on any atom is 0.156 e. The van der Waals surface area contributed by atoms with E-state index >= 15 is 0 Å². The van der Waals surface area contributed by atoms with Gasteiger partial charge in [0.2, 0.25) is 0 Å². The summed E-state index contributed by atoms with van der Waals surface area (Å²) >= 11 is 10.6. The highest BCUT2D eigenvalue weighted by molar-refractivity contribution is 8.02. The summed E-state index contributed by atoms with van der Waals surface area (Å²) in [5.41, 5.74) is 2.54. The van der Waals surface area contributed by atoms with Gasteiger partial charge in [-0.3, -0.25) is 8.88 Å². The van der Waals surface area contributed by atoms with Crippen LogP contribution in [0.2, 0.25) is 0 Å². The van der Waals surface area contributed by atoms with Crippen molar-refractivity contribution in [2.45, 2.75) is 0 Å². The maximum absolute atomic E-state index is 6.05. The van der Waals surface area contributed by atoms with Crippen LogP contribution in [0.5, 0.6) is 0 Å². The second-order valence-electron chi connectivity index (χ2n) is 7.74. The summed E-state index contributed by atoms with van der Waals surface area (Å²) in [5, 5.41) is 32.7. The van der Waals surface area contributed by atoms with Crippen molar-refractivity contribution in [1.82, 2.24) is 0 Å². The Morgan fingerprint density at radius 1 is 0.556 bits per heavy atom. The van der Waals surface area contributed by atoms with Crippen molar-refractivity contribution in [2.24, 2.45) is 4.52 Å². The number of hydrogen-bond donors (Lipinski definition) is 0. The number of rotatable bonds is 6. The summed E-state index contributed by atoms with van der Waals surface area (Å²) in [6.45, 7) is 0. The normalized spacial score (nSPS) is 19.4. The molecule has 180 valence electrons. The average molecular weight is 634 g/mol. The Bertz CT molecular complexity index is 1520. The van der Waals surface area contributed by atoms with E-state index < -0.39 is 23.7 Å². The number of hydrogen-bond acceptors (Lipinski definition) is 9. The molecule has 3 nitrogen and oxygen atoms in total. The molecule has 1 aliphatic rings. The molecule has 1 aliphatic heterocycles. The zero-order valence-electron chi connectivity index (χ0n) is 18.5. The van der Waals surface area contributed by atoms with Crippen LogP contribution in [-0.4, -0.2) is 0 Å². The van der Waals surface area contributed by atoms with Crippen molar-refractivity contribution in [1.29, 1.82) is 0 Å². The zero-order chi connectivity index (χ0) is 24.0. The van der Waals surface area contributed by atoms with Gasteiger partial charge in [0.1, 0.15) is 15.4 Å². The Labute approximate surface area is 236 Å². The van der Waals surface area contributed by atoms with E-state index in [9.17, 15) is 0 Å². The molecule has 0 aliphatic carbocycles. The minimum Gasteiger partial charge on any atom is -0.287 e. The largest absolute Gasteiger partial charge is 0.287 e. The summed E-state index contributed by atoms with van der Waals surface area (Å²) in [7, 11) is -4.19. The lowest BCUT2D eigenvalue weighted by Crippen LogP contribution is -2.39. The lowest BCUT2D eigenvalue weighted by atomic mass is 10.6. The molecule has 36 heavy (non-hydrogen) atoms. The van der Waals surface area contributed by atoms with Gasteiger partial charge in [-0.05, 0) is 68.7 Å². The van der Waals surface area contributed by atoms with Crippen molar-refractivity contribution in [3.8, 4) is 0 Å². The molecule has 0 radical (unpaired) electrons. The molecule has 2 atom stereocenters. The Morgan fingerprint density at radius 2 is 1.08 bits per heavy atom. The van der Waals surface area contributed by atoms with E-state index in [4.69, 9.17) is 4.52 Å². The van der Waals surface area contributed by atoms with Gasteiger partial charge in [-0.25, -0.2) is 4.52 Å². The second-order valence-corrected chi connectivity index (χ2v) is 19.8. The van der Waals surface area contributed by atoms with Crippen LogP contribution in [0.4, 0.5) is 11.4 Å². The first kappa shape index (κ1) is 24.0. The predicted molar refractivity (Wildman–Crippen MR) is 173 cm³/mol. The molecule has 12 heteroatoms. The fraction of sp³-hybridized carbons (Fsp3) is 0. The summed E-state index contributed by atoms with van der Waals surface area (Å²) in [5.74, 6) is 0. The quantitative estimate of drug-likeness (QED) is 0.170. The van der Waals surface area contributed by atoms with Crippen molar-refractivity contribution in [2.75, 3.05) is 8.88 Å². The molecule has 0 amide bonds. The third-order valence-corrected chi connectivity index (χ3v) is 20.5. The molecule has 7 rings (SSSR count). The van der Waals surface area contributed by atoms with E-state index in [1.54, 1.807) is 68.0 Å². The molecule has 0 bridgehead atoms. The highest BCUT2D eigenvalue weighted by Gasteiger charge is 2.49. The Morgan fingerprint density at radius 3 is 1.61 bits per heavy atom. The van der Waals surface area contributed by atoms with E-state index in [2.05, 4.69) is 110 Å². The molecule has 0 fully saturated rings. The Hall–Kier alpha value is -1.11. The number of nitrogens with zero attached hydrogens (tertiary/aromatic N) is 3. The molecule has 7 heterocycles. The van der Waals surface area contributed by atoms with Gasteiger partial charge >= 0.3 is 0 Å². The van der Waals surface area contributed by atoms with Gasteiger partial charge in [0.15, 0.2) is 8.22 Å². The molecule has 6 aromatic rings. The van der Waals surface area contributed by atoms with Crippen LogP contribution in [0.25, 0.3) is 0 Å². The van der Waals surface area contributed by atoms with Crippen LogP contribution >= 0.6 is 91.7 Å². The molecule has 0 spiro atoms. The van der Waals surface area contributed by atoms with Crippen molar-refractivity contribution in [3.05, 3.63) is 101 Å². The minimum absolute atomic E-state index is 0.910. The number of thiophene rings is 6. The van der Waals surface area contributed by atoms with Gasteiger partial charge in [-0.1, -0.05) is 0 Å². The minimum atomic E-state index is -2.32. The summed E-state index contributed by atoms with van der Waals surface area (Å²) in [6.07, 6.45) is 0. The Kier molecular flexibility index (Phi) is 6.80. The molecule has 0 saturated heterocycles. The van der Waals surface area contributed by atoms with Crippen LogP contribution < -0.4 is 30.1 Å². The van der Waals surface area contributed by atoms with E-state index in [-0.39, 0.29) is 0 Å². The lowest BCUT2D eigenvalue weighted by molar-refractivity contribution is 1.50. The van der Waals surface area contributed by atoms with E-state index in [0.717, 1.165) is 0 Å². The van der Waals surface area contributed by atoms with Gasteiger partial charge in [0.05, 0.1) is 11.4 Å². The molecule has 0 N–H and O–H groups in total. The van der Waals surface area contributed by atoms with Gasteiger partial charge in [0, 0.05) is 53.5 Å². The van der Waals surface area contributed by atoms with Crippen LogP contribution in [0, 0.1) is 0 Å². The fourth-order valence-corrected chi connectivity index (χ4v) is 22.2. The van der Waals surface area contributed by atoms with Gasteiger partial charge in [-0.15, -0.1) is 0 Å². The monoisotopic (exact) mass is 633 g/mol. The second kappa shape index (κ2) is 10.2. The van der Waals surface area contributed by atoms with Crippen molar-refractivity contribution >= 4 is 124 Å². The smallest absolute Gasteiger partial charge is 0.156 e. The zero-order valence-corrected chi connectivity index (χ0v) is 26.1. The predicted octanol–water partition coefficient (Wildman–Crippen LogP) is 9.42. The van der Waals surface area contributed by atoms with Gasteiger partial charge in [0.25, 0.3) is 0 Å². The fourth-order valence-electron chi connectivity index (χ4n) is 4.18. The van der Waals surface area contributed by atoms with Crippen LogP contribution in [-0.2, 0) is 0 Å². The first-order valence-corrected chi connectivity index (χ1v) is 20.7. The summed E-state index contributed by atoms with van der Waals surface area (Å²) in [6, 6.07) is 13.8. The molecule has 2 unspecified atom stereocenters. The first-order valence-electron chi connectivity index (χ1n) is 10.8. The van der Waals surface area contributed by atoms with E-state index in [1.807, 2.05) is 0 Å². The maximum atomic E-state index is 6.05.